The summed E-state index contributed by atoms with van der Waals surface area (Å²) >= 11 is 0. The van der Waals surface area contributed by atoms with Crippen LogP contribution in [0.1, 0.15) is 0 Å². The largest absolute Gasteiger partial charge is 0.491 e. The number of nitrogens with zero attached hydrogens (tertiary/aromatic N) is 3. The van der Waals surface area contributed by atoms with Crippen molar-refractivity contribution < 1.29 is 17.0 Å². The predicted octanol–water partition coefficient (Wildman–Crippen LogP) is -1.77. The van der Waals surface area contributed by atoms with Crippen LogP contribution in [0.5, 0.6) is 0 Å². The van der Waals surface area contributed by atoms with Gasteiger partial charge in [-0.05, 0) is 5.16 Å². The molecular formula is C5H9N5O4S. The van der Waals surface area contributed by atoms with Gasteiger partial charge in [0.05, 0.1) is 6.54 Å². The van der Waals surface area contributed by atoms with Crippen molar-refractivity contribution in [3.05, 3.63) is 12.7 Å². The molecule has 0 aliphatic carbocycles. The van der Waals surface area contributed by atoms with E-state index in [0.29, 0.717) is 0 Å². The number of guanidine groups is 2. The summed E-state index contributed by atoms with van der Waals surface area (Å²) < 4.78 is 30.4. The van der Waals surface area contributed by atoms with Crippen molar-refractivity contribution in [3.63, 3.8) is 0 Å². The molecular weight excluding hydrogens is 226 g/mol. The van der Waals surface area contributed by atoms with Crippen LogP contribution in [-0.2, 0) is 19.0 Å². The minimum Gasteiger partial charge on any atom is -0.368 e. The molecule has 1 rings (SSSR count). The molecule has 0 spiro atoms. The fourth-order valence-corrected chi connectivity index (χ4v) is 1.23. The lowest BCUT2D eigenvalue weighted by atomic mass is 10.6. The summed E-state index contributed by atoms with van der Waals surface area (Å²) in [4.78, 5) is 3.49. The average Bonchev–Trinajstić information content (AvgIpc) is 2.13. The Labute approximate surface area is 85.9 Å². The standard InChI is InChI=1S/C5H9N5O4S/c1-2-3-10-5(7)8-4(6)9-13-15(11,12)14-10/h2H,1,3H2,(H4,6,7,8,9). The van der Waals surface area contributed by atoms with Gasteiger partial charge in [0.15, 0.2) is 0 Å². The van der Waals surface area contributed by atoms with Gasteiger partial charge >= 0.3 is 10.4 Å². The highest BCUT2D eigenvalue weighted by Gasteiger charge is 2.23. The van der Waals surface area contributed by atoms with Crippen molar-refractivity contribution in [2.75, 3.05) is 6.54 Å². The minimum absolute atomic E-state index is 0.00873. The summed E-state index contributed by atoms with van der Waals surface area (Å²) in [7, 11) is -4.33. The Balaban J connectivity index is 3.05. The minimum atomic E-state index is -4.33. The zero-order valence-electron chi connectivity index (χ0n) is 7.53. The highest BCUT2D eigenvalue weighted by atomic mass is 32.3. The van der Waals surface area contributed by atoms with E-state index in [-0.39, 0.29) is 12.5 Å². The van der Waals surface area contributed by atoms with E-state index in [2.05, 4.69) is 25.3 Å². The van der Waals surface area contributed by atoms with E-state index >= 15 is 0 Å². The first-order chi connectivity index (χ1) is 6.94. The summed E-state index contributed by atoms with van der Waals surface area (Å²) in [5.74, 6) is -0.712. The normalized spacial score (nSPS) is 27.3. The monoisotopic (exact) mass is 235 g/mol. The molecule has 0 unspecified atom stereocenters. The molecule has 4 N–H and O–H groups in total. The van der Waals surface area contributed by atoms with Crippen LogP contribution in [0.2, 0.25) is 0 Å². The van der Waals surface area contributed by atoms with Crippen LogP contribution >= 0.6 is 0 Å². The Morgan fingerprint density at radius 1 is 1.53 bits per heavy atom. The number of oxime groups is 1. The Morgan fingerprint density at radius 3 is 2.80 bits per heavy atom. The second kappa shape index (κ2) is 4.14. The number of aliphatic imine (C=N–C) groups is 1. The van der Waals surface area contributed by atoms with Crippen LogP contribution in [-0.4, -0.2) is 31.9 Å². The molecule has 0 saturated heterocycles. The molecule has 0 fully saturated rings. The van der Waals surface area contributed by atoms with Crippen LogP contribution < -0.4 is 11.5 Å². The topological polar surface area (TPSA) is 133 Å². The third-order valence-corrected chi connectivity index (χ3v) is 1.80. The highest BCUT2D eigenvalue weighted by molar-refractivity contribution is 7.81. The predicted molar refractivity (Wildman–Crippen MR) is 51.2 cm³/mol. The maximum atomic E-state index is 11.0. The van der Waals surface area contributed by atoms with Crippen molar-refractivity contribution in [3.8, 4) is 0 Å². The molecule has 0 aromatic heterocycles. The lowest BCUT2D eigenvalue weighted by Gasteiger charge is -2.19. The van der Waals surface area contributed by atoms with Crippen molar-refractivity contribution >= 4 is 22.3 Å². The van der Waals surface area contributed by atoms with E-state index in [1.54, 1.807) is 0 Å². The van der Waals surface area contributed by atoms with Crippen molar-refractivity contribution in [2.45, 2.75) is 0 Å². The molecule has 0 atom stereocenters. The molecule has 0 radical (unpaired) electrons. The van der Waals surface area contributed by atoms with E-state index in [1.165, 1.54) is 6.08 Å². The molecule has 10 heteroatoms. The van der Waals surface area contributed by atoms with E-state index in [0.717, 1.165) is 5.06 Å². The van der Waals surface area contributed by atoms with Gasteiger partial charge in [-0.25, -0.2) is 4.28 Å². The molecule has 1 aliphatic rings. The lowest BCUT2D eigenvalue weighted by molar-refractivity contribution is 0.0147. The third kappa shape index (κ3) is 3.11. The SMILES string of the molecule is C=CCN1OS(=O)(=O)O/N=C(N)\N=C/1N. The van der Waals surface area contributed by atoms with Gasteiger partial charge in [0.2, 0.25) is 5.96 Å². The second-order valence-electron chi connectivity index (χ2n) is 2.33. The molecule has 0 aromatic rings. The smallest absolute Gasteiger partial charge is 0.368 e. The number of hydrogen-bond donors (Lipinski definition) is 2. The molecule has 1 heterocycles. The van der Waals surface area contributed by atoms with Gasteiger partial charge in [-0.2, -0.15) is 18.5 Å². The van der Waals surface area contributed by atoms with Gasteiger partial charge in [0, 0.05) is 0 Å². The lowest BCUT2D eigenvalue weighted by Crippen LogP contribution is -2.41. The van der Waals surface area contributed by atoms with Gasteiger partial charge in [0.1, 0.15) is 0 Å². The summed E-state index contributed by atoms with van der Waals surface area (Å²) in [6.07, 6.45) is 1.35. The van der Waals surface area contributed by atoms with E-state index in [9.17, 15) is 8.42 Å². The van der Waals surface area contributed by atoms with Crippen LogP contribution in [0.25, 0.3) is 0 Å². The number of nitrogens with two attached hydrogens (primary N) is 2. The summed E-state index contributed by atoms with van der Waals surface area (Å²) in [5, 5.41) is 3.68. The van der Waals surface area contributed by atoms with Gasteiger partial charge in [0.25, 0.3) is 5.96 Å². The Morgan fingerprint density at radius 2 is 2.20 bits per heavy atom. The molecule has 0 amide bonds. The molecule has 15 heavy (non-hydrogen) atoms. The van der Waals surface area contributed by atoms with Gasteiger partial charge < -0.3 is 11.5 Å². The van der Waals surface area contributed by atoms with Gasteiger partial charge in [-0.3, -0.25) is 0 Å². The number of hydrogen-bond acceptors (Lipinski definition) is 9. The Hall–Kier alpha value is -1.81. The van der Waals surface area contributed by atoms with Crippen LogP contribution in [0.3, 0.4) is 0 Å². The highest BCUT2D eigenvalue weighted by Crippen LogP contribution is 2.04. The van der Waals surface area contributed by atoms with E-state index in [1.807, 2.05) is 0 Å². The first-order valence-electron chi connectivity index (χ1n) is 3.64. The van der Waals surface area contributed by atoms with Gasteiger partial charge in [-0.1, -0.05) is 6.08 Å². The fourth-order valence-electron chi connectivity index (χ4n) is 0.681. The third-order valence-electron chi connectivity index (χ3n) is 1.18. The molecule has 84 valence electrons. The molecule has 0 bridgehead atoms. The molecule has 1 aliphatic heterocycles. The fraction of sp³-hybridized carbons (Fsp3) is 0.200. The summed E-state index contributed by atoms with van der Waals surface area (Å²) in [6.45, 7) is 3.37. The second-order valence-corrected chi connectivity index (χ2v) is 3.44. The summed E-state index contributed by atoms with van der Waals surface area (Å²) in [5.41, 5.74) is 10.5. The quantitative estimate of drug-likeness (QED) is 0.541. The first kappa shape index (κ1) is 11.3. The Bertz CT molecular complexity index is 413. The van der Waals surface area contributed by atoms with E-state index < -0.39 is 16.4 Å². The van der Waals surface area contributed by atoms with Crippen molar-refractivity contribution in [1.82, 2.24) is 5.06 Å². The van der Waals surface area contributed by atoms with Crippen molar-refractivity contribution in [1.29, 1.82) is 0 Å². The number of rotatable bonds is 2. The van der Waals surface area contributed by atoms with Crippen LogP contribution in [0, 0.1) is 0 Å². The van der Waals surface area contributed by atoms with E-state index in [4.69, 9.17) is 11.5 Å². The van der Waals surface area contributed by atoms with Crippen LogP contribution in [0.15, 0.2) is 22.8 Å². The molecule has 9 nitrogen and oxygen atoms in total. The maximum Gasteiger partial charge on any atom is 0.491 e. The van der Waals surface area contributed by atoms with Crippen molar-refractivity contribution in [2.24, 2.45) is 21.6 Å². The van der Waals surface area contributed by atoms with Gasteiger partial charge in [-0.15, -0.1) is 10.9 Å². The average molecular weight is 235 g/mol. The molecule has 0 saturated carbocycles. The zero-order valence-corrected chi connectivity index (χ0v) is 8.35. The Kier molecular flexibility index (Phi) is 3.11. The molecule has 0 aromatic carbocycles. The number of hydroxylamine groups is 2. The maximum absolute atomic E-state index is 11.0. The first-order valence-corrected chi connectivity index (χ1v) is 4.97. The summed E-state index contributed by atoms with van der Waals surface area (Å²) in [6, 6.07) is 0. The van der Waals surface area contributed by atoms with Crippen LogP contribution in [0.4, 0.5) is 0 Å². The zero-order chi connectivity index (χ0) is 11.5.